The van der Waals surface area contributed by atoms with E-state index in [1.807, 2.05) is 0 Å². The minimum absolute atomic E-state index is 0.0314. The molecular formula is C12H12O. The van der Waals surface area contributed by atoms with Gasteiger partial charge in [0.05, 0.1) is 0 Å². The SMILES string of the molecule is CC(=O)C12Cc3ccccc3C1C2. The van der Waals surface area contributed by atoms with Gasteiger partial charge in [0.15, 0.2) is 0 Å². The zero-order valence-corrected chi connectivity index (χ0v) is 7.71. The van der Waals surface area contributed by atoms with Gasteiger partial charge in [0, 0.05) is 5.41 Å². The Balaban J connectivity index is 2.09. The van der Waals surface area contributed by atoms with Crippen molar-refractivity contribution in [1.82, 2.24) is 0 Å². The lowest BCUT2D eigenvalue weighted by molar-refractivity contribution is -0.121. The first kappa shape index (κ1) is 7.31. The minimum atomic E-state index is 0.0314. The van der Waals surface area contributed by atoms with Crippen LogP contribution in [0.5, 0.6) is 0 Å². The fourth-order valence-corrected chi connectivity index (χ4v) is 2.80. The van der Waals surface area contributed by atoms with E-state index in [-0.39, 0.29) is 5.41 Å². The summed E-state index contributed by atoms with van der Waals surface area (Å²) in [5.41, 5.74) is 2.86. The second kappa shape index (κ2) is 2.03. The topological polar surface area (TPSA) is 17.1 Å². The molecule has 0 N–H and O–H groups in total. The van der Waals surface area contributed by atoms with E-state index in [4.69, 9.17) is 0 Å². The van der Waals surface area contributed by atoms with Crippen LogP contribution in [-0.2, 0) is 11.2 Å². The summed E-state index contributed by atoms with van der Waals surface area (Å²) >= 11 is 0. The highest BCUT2D eigenvalue weighted by Gasteiger charge is 2.62. The molecule has 1 aromatic rings. The summed E-state index contributed by atoms with van der Waals surface area (Å²) in [6.07, 6.45) is 2.09. The quantitative estimate of drug-likeness (QED) is 0.635. The Kier molecular flexibility index (Phi) is 1.14. The molecule has 2 aliphatic rings. The van der Waals surface area contributed by atoms with Crippen molar-refractivity contribution in [3.8, 4) is 0 Å². The van der Waals surface area contributed by atoms with Gasteiger partial charge in [-0.25, -0.2) is 0 Å². The number of benzene rings is 1. The maximum Gasteiger partial charge on any atom is 0.136 e. The van der Waals surface area contributed by atoms with Gasteiger partial charge in [0.2, 0.25) is 0 Å². The minimum Gasteiger partial charge on any atom is -0.299 e. The van der Waals surface area contributed by atoms with E-state index in [9.17, 15) is 4.79 Å². The van der Waals surface area contributed by atoms with Crippen LogP contribution in [0.15, 0.2) is 24.3 Å². The largest absolute Gasteiger partial charge is 0.299 e. The van der Waals surface area contributed by atoms with E-state index in [0.717, 1.165) is 12.8 Å². The molecule has 0 heterocycles. The van der Waals surface area contributed by atoms with E-state index in [1.165, 1.54) is 11.1 Å². The Morgan fingerprint density at radius 2 is 2.23 bits per heavy atom. The second-order valence-corrected chi connectivity index (χ2v) is 4.34. The Morgan fingerprint density at radius 1 is 1.46 bits per heavy atom. The molecular weight excluding hydrogens is 160 g/mol. The zero-order chi connectivity index (χ0) is 9.05. The van der Waals surface area contributed by atoms with Gasteiger partial charge in [-0.15, -0.1) is 0 Å². The average Bonchev–Trinajstić information content (AvgIpc) is 2.76. The van der Waals surface area contributed by atoms with Crippen molar-refractivity contribution in [2.45, 2.75) is 25.7 Å². The number of ketones is 1. The van der Waals surface area contributed by atoms with Gasteiger partial charge < -0.3 is 0 Å². The summed E-state index contributed by atoms with van der Waals surface area (Å²) < 4.78 is 0. The molecule has 0 aliphatic heterocycles. The van der Waals surface area contributed by atoms with E-state index in [1.54, 1.807) is 6.92 Å². The van der Waals surface area contributed by atoms with Crippen molar-refractivity contribution in [3.63, 3.8) is 0 Å². The van der Waals surface area contributed by atoms with Crippen LogP contribution in [0.25, 0.3) is 0 Å². The smallest absolute Gasteiger partial charge is 0.136 e. The van der Waals surface area contributed by atoms with Crippen molar-refractivity contribution in [2.75, 3.05) is 0 Å². The molecule has 1 saturated carbocycles. The van der Waals surface area contributed by atoms with E-state index in [0.29, 0.717) is 11.7 Å². The normalized spacial score (nSPS) is 33.8. The predicted molar refractivity (Wildman–Crippen MR) is 50.6 cm³/mol. The average molecular weight is 172 g/mol. The lowest BCUT2D eigenvalue weighted by atomic mass is 9.97. The number of hydrogen-bond donors (Lipinski definition) is 0. The van der Waals surface area contributed by atoms with Crippen LogP contribution in [0.1, 0.15) is 30.4 Å². The van der Waals surface area contributed by atoms with Gasteiger partial charge >= 0.3 is 0 Å². The number of Topliss-reactive ketones (excluding diaryl/α,β-unsaturated/α-hetero) is 1. The number of carbonyl (C=O) groups is 1. The van der Waals surface area contributed by atoms with Crippen molar-refractivity contribution in [1.29, 1.82) is 0 Å². The molecule has 66 valence electrons. The number of rotatable bonds is 1. The zero-order valence-electron chi connectivity index (χ0n) is 7.71. The maximum absolute atomic E-state index is 11.5. The molecule has 1 aromatic carbocycles. The molecule has 2 aliphatic carbocycles. The van der Waals surface area contributed by atoms with Gasteiger partial charge in [-0.2, -0.15) is 0 Å². The van der Waals surface area contributed by atoms with E-state index >= 15 is 0 Å². The van der Waals surface area contributed by atoms with Gasteiger partial charge in [-0.1, -0.05) is 24.3 Å². The van der Waals surface area contributed by atoms with Crippen LogP contribution in [0.2, 0.25) is 0 Å². The molecule has 0 amide bonds. The molecule has 2 atom stereocenters. The monoisotopic (exact) mass is 172 g/mol. The van der Waals surface area contributed by atoms with Gasteiger partial charge in [-0.3, -0.25) is 4.79 Å². The summed E-state index contributed by atoms with van der Waals surface area (Å²) in [4.78, 5) is 11.5. The highest BCUT2D eigenvalue weighted by molar-refractivity contribution is 5.89. The van der Waals surface area contributed by atoms with Crippen molar-refractivity contribution >= 4 is 5.78 Å². The third kappa shape index (κ3) is 0.749. The van der Waals surface area contributed by atoms with Crippen LogP contribution in [0.3, 0.4) is 0 Å². The first-order valence-electron chi connectivity index (χ1n) is 4.83. The van der Waals surface area contributed by atoms with Gasteiger partial charge in [-0.05, 0) is 36.8 Å². The molecule has 1 nitrogen and oxygen atoms in total. The summed E-state index contributed by atoms with van der Waals surface area (Å²) in [5, 5.41) is 0. The Labute approximate surface area is 77.8 Å². The maximum atomic E-state index is 11.5. The predicted octanol–water partition coefficient (Wildman–Crippen LogP) is 2.31. The lowest BCUT2D eigenvalue weighted by Crippen LogP contribution is -2.12. The number of hydrogen-bond acceptors (Lipinski definition) is 1. The highest BCUT2D eigenvalue weighted by Crippen LogP contribution is 2.66. The summed E-state index contributed by atoms with van der Waals surface area (Å²) in [5.74, 6) is 0.940. The van der Waals surface area contributed by atoms with Crippen LogP contribution in [-0.4, -0.2) is 5.78 Å². The molecule has 0 aromatic heterocycles. The standard InChI is InChI=1S/C12H12O/c1-8(13)12-6-9-4-2-3-5-10(9)11(12)7-12/h2-5,11H,6-7H2,1H3. The molecule has 1 fully saturated rings. The number of carbonyl (C=O) groups excluding carboxylic acids is 1. The third-order valence-electron chi connectivity index (χ3n) is 3.71. The van der Waals surface area contributed by atoms with E-state index in [2.05, 4.69) is 24.3 Å². The molecule has 2 unspecified atom stereocenters. The highest BCUT2D eigenvalue weighted by atomic mass is 16.1. The fourth-order valence-electron chi connectivity index (χ4n) is 2.80. The van der Waals surface area contributed by atoms with Gasteiger partial charge in [0.25, 0.3) is 0 Å². The molecule has 0 bridgehead atoms. The summed E-state index contributed by atoms with van der Waals surface area (Å²) in [6, 6.07) is 8.48. The van der Waals surface area contributed by atoms with Crippen molar-refractivity contribution in [2.24, 2.45) is 5.41 Å². The Hall–Kier alpha value is -1.11. The Morgan fingerprint density at radius 3 is 2.92 bits per heavy atom. The molecule has 0 saturated heterocycles. The van der Waals surface area contributed by atoms with Crippen molar-refractivity contribution < 1.29 is 4.79 Å². The summed E-state index contributed by atoms with van der Waals surface area (Å²) in [7, 11) is 0. The molecule has 0 spiro atoms. The summed E-state index contributed by atoms with van der Waals surface area (Å²) in [6.45, 7) is 1.74. The second-order valence-electron chi connectivity index (χ2n) is 4.34. The lowest BCUT2D eigenvalue weighted by Gasteiger charge is -2.05. The Bertz CT molecular complexity index is 394. The first-order chi connectivity index (χ1) is 6.24. The fraction of sp³-hybridized carbons (Fsp3) is 0.417. The van der Waals surface area contributed by atoms with Crippen LogP contribution >= 0.6 is 0 Å². The van der Waals surface area contributed by atoms with Gasteiger partial charge in [0.1, 0.15) is 5.78 Å². The third-order valence-corrected chi connectivity index (χ3v) is 3.71. The molecule has 0 radical (unpaired) electrons. The number of fused-ring (bicyclic) bond motifs is 3. The first-order valence-corrected chi connectivity index (χ1v) is 4.83. The molecule has 1 heteroatoms. The molecule has 13 heavy (non-hydrogen) atoms. The van der Waals surface area contributed by atoms with Crippen molar-refractivity contribution in [3.05, 3.63) is 35.4 Å². The van der Waals surface area contributed by atoms with E-state index < -0.39 is 0 Å². The molecule has 3 rings (SSSR count). The van der Waals surface area contributed by atoms with Crippen LogP contribution < -0.4 is 0 Å². The van der Waals surface area contributed by atoms with Crippen LogP contribution in [0, 0.1) is 5.41 Å². The van der Waals surface area contributed by atoms with Crippen LogP contribution in [0.4, 0.5) is 0 Å².